The molecule has 1 aliphatic heterocycles. The molecule has 0 bridgehead atoms. The molecule has 0 aromatic heterocycles. The molecule has 0 radical (unpaired) electrons. The lowest BCUT2D eigenvalue weighted by Gasteiger charge is -2.36. The standard InChI is InChI=1S/C15H17ClN2O/c1-15(2)7-11-13(12(19)8-15)14(18-17-11)9-3-5-10(16)6-4-9/h3-6,11,13,17H,7-8H2,1-2H3/t11-,13+/m0/s1. The van der Waals surface area contributed by atoms with Crippen LogP contribution in [0.15, 0.2) is 29.4 Å². The van der Waals surface area contributed by atoms with E-state index in [4.69, 9.17) is 11.6 Å². The molecule has 2 atom stereocenters. The molecule has 1 saturated carbocycles. The normalized spacial score (nSPS) is 28.6. The van der Waals surface area contributed by atoms with E-state index in [2.05, 4.69) is 24.4 Å². The number of halogens is 1. The molecule has 0 spiro atoms. The molecule has 3 rings (SSSR count). The van der Waals surface area contributed by atoms with Gasteiger partial charge in [-0.05, 0) is 29.5 Å². The fraction of sp³-hybridized carbons (Fsp3) is 0.467. The molecule has 0 unspecified atom stereocenters. The largest absolute Gasteiger partial charge is 0.306 e. The summed E-state index contributed by atoms with van der Waals surface area (Å²) >= 11 is 5.90. The third-order valence-corrected chi connectivity index (χ3v) is 4.21. The summed E-state index contributed by atoms with van der Waals surface area (Å²) in [5, 5.41) is 5.10. The maximum Gasteiger partial charge on any atom is 0.144 e. The topological polar surface area (TPSA) is 41.5 Å². The summed E-state index contributed by atoms with van der Waals surface area (Å²) in [5.74, 6) is 0.189. The van der Waals surface area contributed by atoms with E-state index in [9.17, 15) is 4.79 Å². The van der Waals surface area contributed by atoms with Crippen LogP contribution in [-0.2, 0) is 4.79 Å². The van der Waals surface area contributed by atoms with E-state index in [1.165, 1.54) is 0 Å². The van der Waals surface area contributed by atoms with Crippen molar-refractivity contribution in [3.8, 4) is 0 Å². The Bertz CT molecular complexity index is 548. The number of Topliss-reactive ketones (excluding diaryl/α,β-unsaturated/α-hetero) is 1. The van der Waals surface area contributed by atoms with Gasteiger partial charge < -0.3 is 5.43 Å². The average Bonchev–Trinajstić information content (AvgIpc) is 2.72. The van der Waals surface area contributed by atoms with Gasteiger partial charge in [-0.3, -0.25) is 4.79 Å². The zero-order valence-electron chi connectivity index (χ0n) is 11.1. The third kappa shape index (κ3) is 2.27. The van der Waals surface area contributed by atoms with Gasteiger partial charge in [-0.25, -0.2) is 0 Å². The van der Waals surface area contributed by atoms with Crippen molar-refractivity contribution < 1.29 is 4.79 Å². The lowest BCUT2D eigenvalue weighted by Crippen LogP contribution is -2.45. The third-order valence-electron chi connectivity index (χ3n) is 3.96. The summed E-state index contributed by atoms with van der Waals surface area (Å²) in [6.45, 7) is 4.28. The van der Waals surface area contributed by atoms with Crippen LogP contribution in [-0.4, -0.2) is 17.5 Å². The van der Waals surface area contributed by atoms with Crippen LogP contribution in [0.5, 0.6) is 0 Å². The summed E-state index contributed by atoms with van der Waals surface area (Å²) < 4.78 is 0. The maximum absolute atomic E-state index is 12.4. The average molecular weight is 277 g/mol. The van der Waals surface area contributed by atoms with Crippen LogP contribution >= 0.6 is 11.6 Å². The molecule has 1 aliphatic carbocycles. The van der Waals surface area contributed by atoms with Crippen molar-refractivity contribution in [3.63, 3.8) is 0 Å². The first-order valence-corrected chi connectivity index (χ1v) is 6.96. The molecule has 2 aliphatic rings. The van der Waals surface area contributed by atoms with E-state index in [1.807, 2.05) is 24.3 Å². The Morgan fingerprint density at radius 3 is 2.68 bits per heavy atom. The number of hydrogen-bond donors (Lipinski definition) is 1. The van der Waals surface area contributed by atoms with Crippen molar-refractivity contribution >= 4 is 23.1 Å². The van der Waals surface area contributed by atoms with Crippen molar-refractivity contribution in [1.29, 1.82) is 0 Å². The second-order valence-corrected chi connectivity index (χ2v) is 6.67. The van der Waals surface area contributed by atoms with Crippen LogP contribution in [0.2, 0.25) is 5.02 Å². The van der Waals surface area contributed by atoms with Crippen LogP contribution in [0.1, 0.15) is 32.3 Å². The van der Waals surface area contributed by atoms with Crippen LogP contribution in [0.25, 0.3) is 0 Å². The Morgan fingerprint density at radius 1 is 1.32 bits per heavy atom. The van der Waals surface area contributed by atoms with E-state index in [-0.39, 0.29) is 17.4 Å². The SMILES string of the molecule is CC1(C)CC(=O)[C@@H]2C(c3ccc(Cl)cc3)=NN[C@H]2C1. The van der Waals surface area contributed by atoms with Crippen molar-refractivity contribution in [2.24, 2.45) is 16.4 Å². The highest BCUT2D eigenvalue weighted by Gasteiger charge is 2.46. The van der Waals surface area contributed by atoms with Crippen molar-refractivity contribution in [1.82, 2.24) is 5.43 Å². The van der Waals surface area contributed by atoms with E-state index in [0.717, 1.165) is 17.7 Å². The number of benzene rings is 1. The number of hydrazone groups is 1. The van der Waals surface area contributed by atoms with Gasteiger partial charge in [-0.1, -0.05) is 37.6 Å². The molecule has 19 heavy (non-hydrogen) atoms. The number of ketones is 1. The molecular formula is C15H17ClN2O. The summed E-state index contributed by atoms with van der Waals surface area (Å²) in [7, 11) is 0. The summed E-state index contributed by atoms with van der Waals surface area (Å²) in [6.07, 6.45) is 1.60. The number of carbonyl (C=O) groups excluding carboxylic acids is 1. The van der Waals surface area contributed by atoms with Crippen LogP contribution < -0.4 is 5.43 Å². The van der Waals surface area contributed by atoms with Gasteiger partial charge in [-0.2, -0.15) is 5.10 Å². The zero-order valence-corrected chi connectivity index (χ0v) is 11.9. The molecular weight excluding hydrogens is 260 g/mol. The first-order valence-electron chi connectivity index (χ1n) is 6.58. The highest BCUT2D eigenvalue weighted by molar-refractivity contribution is 6.30. The molecule has 1 N–H and O–H groups in total. The number of nitrogens with zero attached hydrogens (tertiary/aromatic N) is 1. The number of rotatable bonds is 1. The molecule has 1 aromatic carbocycles. The van der Waals surface area contributed by atoms with Gasteiger partial charge in [0.25, 0.3) is 0 Å². The van der Waals surface area contributed by atoms with Gasteiger partial charge in [0.1, 0.15) is 5.78 Å². The maximum atomic E-state index is 12.4. The monoisotopic (exact) mass is 276 g/mol. The quantitative estimate of drug-likeness (QED) is 0.857. The Kier molecular flexibility index (Phi) is 2.90. The lowest BCUT2D eigenvalue weighted by molar-refractivity contribution is -0.126. The smallest absolute Gasteiger partial charge is 0.144 e. The highest BCUT2D eigenvalue weighted by atomic mass is 35.5. The minimum atomic E-state index is -0.103. The van der Waals surface area contributed by atoms with Crippen molar-refractivity contribution in [3.05, 3.63) is 34.9 Å². The molecule has 1 fully saturated rings. The fourth-order valence-corrected chi connectivity index (χ4v) is 3.27. The minimum absolute atomic E-state index is 0.0657. The van der Waals surface area contributed by atoms with Gasteiger partial charge in [-0.15, -0.1) is 0 Å². The Hall–Kier alpha value is -1.35. The Labute approximate surface area is 118 Å². The van der Waals surface area contributed by atoms with E-state index < -0.39 is 0 Å². The predicted octanol–water partition coefficient (Wildman–Crippen LogP) is 3.02. The molecule has 1 heterocycles. The first-order chi connectivity index (χ1) is 8.96. The van der Waals surface area contributed by atoms with Gasteiger partial charge in [0, 0.05) is 11.4 Å². The zero-order chi connectivity index (χ0) is 13.6. The highest BCUT2D eigenvalue weighted by Crippen LogP contribution is 2.39. The first kappa shape index (κ1) is 12.7. The molecule has 0 saturated heterocycles. The van der Waals surface area contributed by atoms with Gasteiger partial charge >= 0.3 is 0 Å². The van der Waals surface area contributed by atoms with E-state index >= 15 is 0 Å². The number of hydrogen-bond acceptors (Lipinski definition) is 3. The van der Waals surface area contributed by atoms with Crippen LogP contribution in [0, 0.1) is 11.3 Å². The van der Waals surface area contributed by atoms with Crippen LogP contribution in [0.4, 0.5) is 0 Å². The minimum Gasteiger partial charge on any atom is -0.306 e. The van der Waals surface area contributed by atoms with Crippen molar-refractivity contribution in [2.75, 3.05) is 0 Å². The summed E-state index contributed by atoms with van der Waals surface area (Å²) in [4.78, 5) is 12.4. The second-order valence-electron chi connectivity index (χ2n) is 6.23. The van der Waals surface area contributed by atoms with Crippen LogP contribution in [0.3, 0.4) is 0 Å². The van der Waals surface area contributed by atoms with Gasteiger partial charge in [0.15, 0.2) is 0 Å². The Morgan fingerprint density at radius 2 is 2.00 bits per heavy atom. The lowest BCUT2D eigenvalue weighted by atomic mass is 9.68. The van der Waals surface area contributed by atoms with Crippen molar-refractivity contribution in [2.45, 2.75) is 32.7 Å². The summed E-state index contributed by atoms with van der Waals surface area (Å²) in [6, 6.07) is 7.67. The summed E-state index contributed by atoms with van der Waals surface area (Å²) in [5.41, 5.74) is 5.05. The van der Waals surface area contributed by atoms with Gasteiger partial charge in [0.05, 0.1) is 17.7 Å². The number of fused-ring (bicyclic) bond motifs is 1. The molecule has 3 nitrogen and oxygen atoms in total. The van der Waals surface area contributed by atoms with Gasteiger partial charge in [0.2, 0.25) is 0 Å². The molecule has 0 amide bonds. The van der Waals surface area contributed by atoms with E-state index in [1.54, 1.807) is 0 Å². The number of carbonyl (C=O) groups is 1. The van der Waals surface area contributed by atoms with E-state index in [0.29, 0.717) is 17.2 Å². The fourth-order valence-electron chi connectivity index (χ4n) is 3.14. The Balaban J connectivity index is 1.90. The number of nitrogens with one attached hydrogen (secondary N) is 1. The molecule has 100 valence electrons. The predicted molar refractivity (Wildman–Crippen MR) is 76.4 cm³/mol. The second kappa shape index (κ2) is 4.34. The molecule has 4 heteroatoms. The molecule has 1 aromatic rings.